The van der Waals surface area contributed by atoms with Crippen LogP contribution in [0.4, 0.5) is 0 Å². The first-order valence-electron chi connectivity index (χ1n) is 7.89. The Morgan fingerprint density at radius 2 is 2.00 bits per heavy atom. The van der Waals surface area contributed by atoms with Crippen LogP contribution in [0.3, 0.4) is 0 Å². The first-order chi connectivity index (χ1) is 11.4. The number of esters is 1. The average molecular weight is 333 g/mol. The molecule has 0 radical (unpaired) electrons. The number of hydrogen-bond acceptors (Lipinski definition) is 5. The van der Waals surface area contributed by atoms with Gasteiger partial charge in [-0.05, 0) is 25.0 Å². The third-order valence-corrected chi connectivity index (χ3v) is 3.95. The summed E-state index contributed by atoms with van der Waals surface area (Å²) in [5, 5.41) is 3.61. The summed E-state index contributed by atoms with van der Waals surface area (Å²) in [4.78, 5) is 23.7. The molecule has 6 nitrogen and oxygen atoms in total. The lowest BCUT2D eigenvalue weighted by atomic mass is 10.1. The molecule has 0 saturated heterocycles. The Morgan fingerprint density at radius 1 is 1.25 bits per heavy atom. The predicted octanol–water partition coefficient (Wildman–Crippen LogP) is 2.69. The molecule has 1 amide bonds. The van der Waals surface area contributed by atoms with Crippen molar-refractivity contribution in [3.63, 3.8) is 0 Å². The minimum atomic E-state index is -0.471. The molecule has 2 aromatic rings. The normalized spacial score (nSPS) is 12.2. The highest BCUT2D eigenvalue weighted by Crippen LogP contribution is 2.26. The number of furan rings is 1. The molecule has 24 heavy (non-hydrogen) atoms. The van der Waals surface area contributed by atoms with Crippen molar-refractivity contribution in [2.24, 2.45) is 5.92 Å². The second-order valence-corrected chi connectivity index (χ2v) is 6.06. The number of benzene rings is 1. The van der Waals surface area contributed by atoms with Gasteiger partial charge >= 0.3 is 5.97 Å². The van der Waals surface area contributed by atoms with Gasteiger partial charge in [-0.2, -0.15) is 0 Å². The third kappa shape index (κ3) is 4.50. The van der Waals surface area contributed by atoms with Crippen molar-refractivity contribution in [2.75, 3.05) is 13.7 Å². The van der Waals surface area contributed by atoms with E-state index in [1.165, 1.54) is 6.26 Å². The van der Waals surface area contributed by atoms with Gasteiger partial charge in [0.1, 0.15) is 11.3 Å². The monoisotopic (exact) mass is 333 g/mol. The van der Waals surface area contributed by atoms with E-state index >= 15 is 0 Å². The first kappa shape index (κ1) is 17.8. The highest BCUT2D eigenvalue weighted by Gasteiger charge is 2.15. The van der Waals surface area contributed by atoms with Crippen LogP contribution in [0.5, 0.6) is 5.75 Å². The molecular formula is C18H23NO5. The Balaban J connectivity index is 1.90. The van der Waals surface area contributed by atoms with E-state index in [0.29, 0.717) is 22.8 Å². The maximum atomic E-state index is 11.9. The molecule has 1 N–H and O–H groups in total. The highest BCUT2D eigenvalue weighted by molar-refractivity contribution is 5.87. The number of ether oxygens (including phenoxy) is 2. The van der Waals surface area contributed by atoms with Crippen molar-refractivity contribution in [3.8, 4) is 5.75 Å². The smallest absolute Gasteiger partial charge is 0.310 e. The van der Waals surface area contributed by atoms with Gasteiger partial charge in [-0.25, -0.2) is 0 Å². The van der Waals surface area contributed by atoms with Crippen LogP contribution in [0.25, 0.3) is 11.0 Å². The molecule has 0 spiro atoms. The van der Waals surface area contributed by atoms with Gasteiger partial charge < -0.3 is 19.2 Å². The van der Waals surface area contributed by atoms with Crippen LogP contribution < -0.4 is 10.1 Å². The number of nitrogens with one attached hydrogen (secondary N) is 1. The Kier molecular flexibility index (Phi) is 5.84. The number of fused-ring (bicyclic) bond motifs is 1. The summed E-state index contributed by atoms with van der Waals surface area (Å²) >= 11 is 0. The van der Waals surface area contributed by atoms with E-state index in [0.717, 1.165) is 5.39 Å². The summed E-state index contributed by atoms with van der Waals surface area (Å²) in [7, 11) is 1.58. The fraction of sp³-hybridized carbons (Fsp3) is 0.444. The first-order valence-corrected chi connectivity index (χ1v) is 7.89. The fourth-order valence-electron chi connectivity index (χ4n) is 2.14. The Morgan fingerprint density at radius 3 is 2.67 bits per heavy atom. The van der Waals surface area contributed by atoms with Gasteiger partial charge in [-0.15, -0.1) is 0 Å². The quantitative estimate of drug-likeness (QED) is 0.788. The predicted molar refractivity (Wildman–Crippen MR) is 89.9 cm³/mol. The lowest BCUT2D eigenvalue weighted by molar-refractivity contribution is -0.148. The number of carbonyl (C=O) groups is 2. The fourth-order valence-corrected chi connectivity index (χ4v) is 2.14. The van der Waals surface area contributed by atoms with Crippen LogP contribution >= 0.6 is 0 Å². The van der Waals surface area contributed by atoms with Crippen molar-refractivity contribution < 1.29 is 23.5 Å². The van der Waals surface area contributed by atoms with Crippen LogP contribution in [-0.4, -0.2) is 31.6 Å². The Bertz CT molecular complexity index is 719. The minimum Gasteiger partial charge on any atom is -0.497 e. The van der Waals surface area contributed by atoms with E-state index in [9.17, 15) is 9.59 Å². The maximum absolute atomic E-state index is 11.9. The zero-order valence-electron chi connectivity index (χ0n) is 14.4. The van der Waals surface area contributed by atoms with Gasteiger partial charge in [-0.1, -0.05) is 13.8 Å². The summed E-state index contributed by atoms with van der Waals surface area (Å²) in [6, 6.07) is 5.42. The van der Waals surface area contributed by atoms with Crippen molar-refractivity contribution in [2.45, 2.75) is 33.2 Å². The SMILES string of the molecule is COc1ccc2c(CC(=O)OCC(=O)N[C@@H](C)C(C)C)coc2c1. The van der Waals surface area contributed by atoms with Crippen LogP contribution in [0.15, 0.2) is 28.9 Å². The summed E-state index contributed by atoms with van der Waals surface area (Å²) in [6.07, 6.45) is 1.57. The zero-order chi connectivity index (χ0) is 17.7. The Labute approximate surface area is 141 Å². The van der Waals surface area contributed by atoms with Gasteiger partial charge in [0.15, 0.2) is 6.61 Å². The van der Waals surface area contributed by atoms with Gasteiger partial charge in [0, 0.05) is 23.1 Å². The van der Waals surface area contributed by atoms with E-state index in [4.69, 9.17) is 13.9 Å². The van der Waals surface area contributed by atoms with Crippen molar-refractivity contribution in [1.29, 1.82) is 0 Å². The highest BCUT2D eigenvalue weighted by atomic mass is 16.5. The van der Waals surface area contributed by atoms with Crippen molar-refractivity contribution in [1.82, 2.24) is 5.32 Å². The lowest BCUT2D eigenvalue weighted by Crippen LogP contribution is -2.38. The zero-order valence-corrected chi connectivity index (χ0v) is 14.4. The molecule has 0 saturated carbocycles. The molecule has 6 heteroatoms. The summed E-state index contributed by atoms with van der Waals surface area (Å²) < 4.78 is 15.6. The molecule has 1 atom stereocenters. The molecule has 1 heterocycles. The van der Waals surface area contributed by atoms with E-state index in [1.807, 2.05) is 26.8 Å². The van der Waals surface area contributed by atoms with E-state index in [1.54, 1.807) is 19.2 Å². The third-order valence-electron chi connectivity index (χ3n) is 3.95. The summed E-state index contributed by atoms with van der Waals surface area (Å²) in [5.41, 5.74) is 1.36. The number of carbonyl (C=O) groups excluding carboxylic acids is 2. The molecule has 2 rings (SSSR count). The topological polar surface area (TPSA) is 77.8 Å². The van der Waals surface area contributed by atoms with Gasteiger partial charge in [0.25, 0.3) is 5.91 Å². The minimum absolute atomic E-state index is 0.0315. The Hall–Kier alpha value is -2.50. The van der Waals surface area contributed by atoms with Gasteiger partial charge in [0.05, 0.1) is 19.8 Å². The molecule has 1 aromatic heterocycles. The second-order valence-electron chi connectivity index (χ2n) is 6.06. The molecule has 0 aliphatic carbocycles. The van der Waals surface area contributed by atoms with Gasteiger partial charge in [-0.3, -0.25) is 9.59 Å². The standard InChI is InChI=1S/C18H23NO5/c1-11(2)12(3)19-17(20)10-24-18(21)7-13-9-23-16-8-14(22-4)5-6-15(13)16/h5-6,8-9,11-12H,7,10H2,1-4H3,(H,19,20)/t12-/m0/s1. The number of rotatable bonds is 7. The van der Waals surface area contributed by atoms with Crippen LogP contribution in [0.2, 0.25) is 0 Å². The number of methoxy groups -OCH3 is 1. The van der Waals surface area contributed by atoms with Crippen LogP contribution in [-0.2, 0) is 20.7 Å². The molecule has 130 valence electrons. The molecule has 0 aliphatic rings. The number of amides is 1. The molecule has 0 fully saturated rings. The van der Waals surface area contributed by atoms with Crippen LogP contribution in [0, 0.1) is 5.92 Å². The summed E-state index contributed by atoms with van der Waals surface area (Å²) in [5.74, 6) is 0.230. The largest absolute Gasteiger partial charge is 0.497 e. The van der Waals surface area contributed by atoms with E-state index in [-0.39, 0.29) is 25.0 Å². The molecule has 1 aromatic carbocycles. The average Bonchev–Trinajstić information content (AvgIpc) is 2.94. The second kappa shape index (κ2) is 7.86. The van der Waals surface area contributed by atoms with Crippen LogP contribution in [0.1, 0.15) is 26.3 Å². The van der Waals surface area contributed by atoms with Crippen molar-refractivity contribution >= 4 is 22.8 Å². The molecular weight excluding hydrogens is 310 g/mol. The molecule has 0 aliphatic heterocycles. The molecule has 0 unspecified atom stereocenters. The van der Waals surface area contributed by atoms with E-state index in [2.05, 4.69) is 5.32 Å². The van der Waals surface area contributed by atoms with Gasteiger partial charge in [0.2, 0.25) is 0 Å². The maximum Gasteiger partial charge on any atom is 0.310 e. The summed E-state index contributed by atoms with van der Waals surface area (Å²) in [6.45, 7) is 5.65. The van der Waals surface area contributed by atoms with Crippen molar-refractivity contribution in [3.05, 3.63) is 30.0 Å². The molecule has 0 bridgehead atoms. The van der Waals surface area contributed by atoms with E-state index < -0.39 is 5.97 Å². The number of hydrogen-bond donors (Lipinski definition) is 1. The lowest BCUT2D eigenvalue weighted by Gasteiger charge is -2.17.